The maximum Gasteiger partial charge on any atom is 0.119 e. The van der Waals surface area contributed by atoms with Crippen molar-refractivity contribution in [2.45, 2.75) is 51.7 Å². The van der Waals surface area contributed by atoms with Crippen molar-refractivity contribution in [1.82, 2.24) is 5.32 Å². The maximum absolute atomic E-state index is 5.93. The predicted molar refractivity (Wildman–Crippen MR) is 86.8 cm³/mol. The number of benzene rings is 1. The van der Waals surface area contributed by atoms with Crippen LogP contribution in [0, 0.1) is 5.92 Å². The summed E-state index contributed by atoms with van der Waals surface area (Å²) < 4.78 is 11.6. The minimum Gasteiger partial charge on any atom is -0.491 e. The van der Waals surface area contributed by atoms with Crippen LogP contribution in [0.15, 0.2) is 24.3 Å². The zero-order valence-corrected chi connectivity index (χ0v) is 13.6. The van der Waals surface area contributed by atoms with E-state index in [-0.39, 0.29) is 12.1 Å². The highest BCUT2D eigenvalue weighted by Gasteiger charge is 2.16. The van der Waals surface area contributed by atoms with Gasteiger partial charge in [-0.25, -0.2) is 0 Å². The van der Waals surface area contributed by atoms with Crippen LogP contribution in [-0.2, 0) is 4.74 Å². The first-order chi connectivity index (χ1) is 10.2. The van der Waals surface area contributed by atoms with Crippen molar-refractivity contribution in [2.24, 2.45) is 5.92 Å². The largest absolute Gasteiger partial charge is 0.491 e. The highest BCUT2D eigenvalue weighted by Crippen LogP contribution is 2.25. The Morgan fingerprint density at radius 3 is 2.38 bits per heavy atom. The van der Waals surface area contributed by atoms with E-state index in [1.165, 1.54) is 31.2 Å². The summed E-state index contributed by atoms with van der Waals surface area (Å²) in [6, 6.07) is 8.57. The number of ether oxygens (including phenoxy) is 2. The maximum atomic E-state index is 5.93. The van der Waals surface area contributed by atoms with Gasteiger partial charge >= 0.3 is 0 Å². The normalized spacial score (nSPS) is 17.3. The van der Waals surface area contributed by atoms with E-state index in [9.17, 15) is 0 Å². The van der Waals surface area contributed by atoms with E-state index in [1.54, 1.807) is 0 Å². The topological polar surface area (TPSA) is 30.5 Å². The standard InChI is InChI=1S/C18H29NO2/c1-14(2)21-17-10-8-16(9-11-17)18(19-3)13-20-12-15-6-4-5-7-15/h8-11,14-15,18-19H,4-7,12-13H2,1-3H3. The van der Waals surface area contributed by atoms with E-state index in [0.717, 1.165) is 24.9 Å². The zero-order valence-electron chi connectivity index (χ0n) is 13.6. The van der Waals surface area contributed by atoms with Gasteiger partial charge in [0.05, 0.1) is 18.8 Å². The Bertz CT molecular complexity index is 396. The van der Waals surface area contributed by atoms with E-state index in [2.05, 4.69) is 17.4 Å². The average Bonchev–Trinajstić information content (AvgIpc) is 2.97. The van der Waals surface area contributed by atoms with Gasteiger partial charge in [0.1, 0.15) is 5.75 Å². The summed E-state index contributed by atoms with van der Waals surface area (Å²) in [6.07, 6.45) is 5.64. The fourth-order valence-electron chi connectivity index (χ4n) is 2.93. The molecule has 0 saturated heterocycles. The Labute approximate surface area is 129 Å². The fourth-order valence-corrected chi connectivity index (χ4v) is 2.93. The second-order valence-electron chi connectivity index (χ2n) is 6.26. The van der Waals surface area contributed by atoms with Gasteiger partial charge in [0.2, 0.25) is 0 Å². The molecule has 1 atom stereocenters. The smallest absolute Gasteiger partial charge is 0.119 e. The van der Waals surface area contributed by atoms with Gasteiger partial charge in [-0.2, -0.15) is 0 Å². The van der Waals surface area contributed by atoms with Crippen LogP contribution in [-0.4, -0.2) is 26.4 Å². The van der Waals surface area contributed by atoms with Crippen LogP contribution in [0.3, 0.4) is 0 Å². The van der Waals surface area contributed by atoms with Crippen molar-refractivity contribution in [1.29, 1.82) is 0 Å². The molecule has 1 N–H and O–H groups in total. The molecule has 118 valence electrons. The van der Waals surface area contributed by atoms with E-state index >= 15 is 0 Å². The molecule has 1 aliphatic rings. The van der Waals surface area contributed by atoms with Crippen molar-refractivity contribution < 1.29 is 9.47 Å². The first-order valence-corrected chi connectivity index (χ1v) is 8.20. The Balaban J connectivity index is 1.81. The third-order valence-electron chi connectivity index (χ3n) is 4.12. The van der Waals surface area contributed by atoms with Gasteiger partial charge in [-0.05, 0) is 57.4 Å². The fraction of sp³-hybridized carbons (Fsp3) is 0.667. The molecular weight excluding hydrogens is 262 g/mol. The van der Waals surface area contributed by atoms with Crippen LogP contribution in [0.2, 0.25) is 0 Å². The number of rotatable bonds is 8. The highest BCUT2D eigenvalue weighted by atomic mass is 16.5. The summed E-state index contributed by atoms with van der Waals surface area (Å²) in [4.78, 5) is 0. The third-order valence-corrected chi connectivity index (χ3v) is 4.12. The second-order valence-corrected chi connectivity index (χ2v) is 6.26. The molecule has 0 bridgehead atoms. The predicted octanol–water partition coefficient (Wildman–Crippen LogP) is 3.94. The lowest BCUT2D eigenvalue weighted by molar-refractivity contribution is 0.0844. The molecule has 2 rings (SSSR count). The van der Waals surface area contributed by atoms with E-state index in [1.807, 2.05) is 33.0 Å². The highest BCUT2D eigenvalue weighted by molar-refractivity contribution is 5.29. The molecule has 0 amide bonds. The van der Waals surface area contributed by atoms with Crippen molar-refractivity contribution in [3.63, 3.8) is 0 Å². The quantitative estimate of drug-likeness (QED) is 0.787. The molecule has 1 aromatic rings. The first-order valence-electron chi connectivity index (χ1n) is 8.20. The summed E-state index contributed by atoms with van der Waals surface area (Å²) >= 11 is 0. The molecule has 1 aliphatic carbocycles. The molecule has 1 aromatic carbocycles. The van der Waals surface area contributed by atoms with E-state index in [0.29, 0.717) is 0 Å². The Kier molecular flexibility index (Phi) is 6.52. The minimum atomic E-state index is 0.214. The lowest BCUT2D eigenvalue weighted by Crippen LogP contribution is -2.23. The van der Waals surface area contributed by atoms with Gasteiger partial charge in [0.15, 0.2) is 0 Å². The lowest BCUT2D eigenvalue weighted by Gasteiger charge is -2.19. The molecule has 0 heterocycles. The van der Waals surface area contributed by atoms with E-state index in [4.69, 9.17) is 9.47 Å². The Morgan fingerprint density at radius 1 is 1.14 bits per heavy atom. The van der Waals surface area contributed by atoms with Crippen molar-refractivity contribution in [3.8, 4) is 5.75 Å². The van der Waals surface area contributed by atoms with Gasteiger partial charge in [0, 0.05) is 6.61 Å². The molecule has 3 heteroatoms. The van der Waals surface area contributed by atoms with Gasteiger partial charge in [0.25, 0.3) is 0 Å². The summed E-state index contributed by atoms with van der Waals surface area (Å²) in [5.74, 6) is 1.71. The second kappa shape index (κ2) is 8.40. The molecule has 21 heavy (non-hydrogen) atoms. The lowest BCUT2D eigenvalue weighted by atomic mass is 10.1. The van der Waals surface area contributed by atoms with Gasteiger partial charge < -0.3 is 14.8 Å². The molecule has 1 fully saturated rings. The van der Waals surface area contributed by atoms with Crippen LogP contribution in [0.25, 0.3) is 0 Å². The number of hydrogen-bond donors (Lipinski definition) is 1. The van der Waals surface area contributed by atoms with Crippen LogP contribution in [0.4, 0.5) is 0 Å². The average molecular weight is 291 g/mol. The summed E-state index contributed by atoms with van der Waals surface area (Å²) in [5.41, 5.74) is 1.25. The number of likely N-dealkylation sites (N-methyl/N-ethyl adjacent to an activating group) is 1. The van der Waals surface area contributed by atoms with Crippen LogP contribution >= 0.6 is 0 Å². The van der Waals surface area contributed by atoms with Crippen molar-refractivity contribution in [3.05, 3.63) is 29.8 Å². The molecule has 0 radical (unpaired) electrons. The minimum absolute atomic E-state index is 0.214. The summed E-state index contributed by atoms with van der Waals surface area (Å²) in [7, 11) is 1.99. The zero-order chi connectivity index (χ0) is 15.1. The molecule has 1 unspecified atom stereocenters. The SMILES string of the molecule is CNC(COCC1CCCC1)c1ccc(OC(C)C)cc1. The molecule has 0 aliphatic heterocycles. The van der Waals surface area contributed by atoms with Crippen molar-refractivity contribution >= 4 is 0 Å². The monoisotopic (exact) mass is 291 g/mol. The number of nitrogens with one attached hydrogen (secondary N) is 1. The Hall–Kier alpha value is -1.06. The van der Waals surface area contributed by atoms with Gasteiger partial charge in [-0.15, -0.1) is 0 Å². The summed E-state index contributed by atoms with van der Waals surface area (Å²) in [6.45, 7) is 5.73. The van der Waals surface area contributed by atoms with Crippen LogP contribution < -0.4 is 10.1 Å². The summed E-state index contributed by atoms with van der Waals surface area (Å²) in [5, 5.41) is 3.34. The third kappa shape index (κ3) is 5.33. The van der Waals surface area contributed by atoms with Gasteiger partial charge in [-0.1, -0.05) is 25.0 Å². The molecule has 0 spiro atoms. The van der Waals surface area contributed by atoms with Crippen LogP contribution in [0.1, 0.15) is 51.1 Å². The molecule has 1 saturated carbocycles. The van der Waals surface area contributed by atoms with Gasteiger partial charge in [-0.3, -0.25) is 0 Å². The molecular formula is C18H29NO2. The number of hydrogen-bond acceptors (Lipinski definition) is 3. The first kappa shape index (κ1) is 16.3. The molecule has 3 nitrogen and oxygen atoms in total. The van der Waals surface area contributed by atoms with Crippen molar-refractivity contribution in [2.75, 3.05) is 20.3 Å². The Morgan fingerprint density at radius 2 is 1.81 bits per heavy atom. The molecule has 0 aromatic heterocycles. The van der Waals surface area contributed by atoms with Crippen LogP contribution in [0.5, 0.6) is 5.75 Å². The van der Waals surface area contributed by atoms with E-state index < -0.39 is 0 Å².